The molecule has 0 unspecified atom stereocenters. The molecule has 0 atom stereocenters. The summed E-state index contributed by atoms with van der Waals surface area (Å²) < 4.78 is 37.7. The van der Waals surface area contributed by atoms with Crippen molar-refractivity contribution in [1.82, 2.24) is 0 Å². The lowest BCUT2D eigenvalue weighted by atomic mass is 10.0. The molecule has 154 valence electrons. The first-order valence-corrected chi connectivity index (χ1v) is 11.0. The van der Waals surface area contributed by atoms with Crippen LogP contribution in [0.15, 0.2) is 77.7 Å². The molecule has 5 nitrogen and oxygen atoms in total. The standard InChI is InChI=1S/C22H17ClFNO4S/c23-16-6-11-20(19(14-16)22(27)15-4-2-1-3-5-15)25-21(26)12-13-30(28,29)18-9-7-17(24)8-10-18/h1-11,14H,12-13H2,(H,25,26). The second-order valence-corrected chi connectivity index (χ2v) is 9.00. The first kappa shape index (κ1) is 21.7. The Balaban J connectivity index is 1.74. The van der Waals surface area contributed by atoms with Crippen LogP contribution in [0.1, 0.15) is 22.3 Å². The van der Waals surface area contributed by atoms with E-state index in [4.69, 9.17) is 11.6 Å². The van der Waals surface area contributed by atoms with Crippen molar-refractivity contribution < 1.29 is 22.4 Å². The van der Waals surface area contributed by atoms with Crippen molar-refractivity contribution >= 4 is 38.8 Å². The van der Waals surface area contributed by atoms with E-state index in [1.807, 2.05) is 0 Å². The van der Waals surface area contributed by atoms with Gasteiger partial charge in [0.2, 0.25) is 5.91 Å². The van der Waals surface area contributed by atoms with Gasteiger partial charge in [0.05, 0.1) is 16.3 Å². The molecule has 0 bridgehead atoms. The highest BCUT2D eigenvalue weighted by Gasteiger charge is 2.19. The summed E-state index contributed by atoms with van der Waals surface area (Å²) >= 11 is 6.01. The molecule has 0 aliphatic carbocycles. The van der Waals surface area contributed by atoms with Gasteiger partial charge in [0.1, 0.15) is 5.82 Å². The summed E-state index contributed by atoms with van der Waals surface area (Å²) in [6, 6.07) is 17.3. The van der Waals surface area contributed by atoms with Crippen LogP contribution in [0.5, 0.6) is 0 Å². The molecular formula is C22H17ClFNO4S. The molecule has 3 aromatic carbocycles. The molecule has 30 heavy (non-hydrogen) atoms. The monoisotopic (exact) mass is 445 g/mol. The van der Waals surface area contributed by atoms with E-state index in [9.17, 15) is 22.4 Å². The first-order chi connectivity index (χ1) is 14.3. The van der Waals surface area contributed by atoms with E-state index in [0.29, 0.717) is 10.6 Å². The van der Waals surface area contributed by atoms with Gasteiger partial charge < -0.3 is 5.32 Å². The van der Waals surface area contributed by atoms with Gasteiger partial charge in [-0.2, -0.15) is 0 Å². The molecule has 0 heterocycles. The van der Waals surface area contributed by atoms with Gasteiger partial charge in [0.25, 0.3) is 0 Å². The van der Waals surface area contributed by atoms with Crippen molar-refractivity contribution in [3.63, 3.8) is 0 Å². The van der Waals surface area contributed by atoms with Gasteiger partial charge in [0.15, 0.2) is 15.6 Å². The Morgan fingerprint density at radius 3 is 2.27 bits per heavy atom. The molecule has 0 spiro atoms. The van der Waals surface area contributed by atoms with Crippen LogP contribution < -0.4 is 5.32 Å². The van der Waals surface area contributed by atoms with Gasteiger partial charge in [-0.05, 0) is 42.5 Å². The highest BCUT2D eigenvalue weighted by Crippen LogP contribution is 2.24. The molecular weight excluding hydrogens is 429 g/mol. The number of nitrogens with one attached hydrogen (secondary N) is 1. The SMILES string of the molecule is O=C(CCS(=O)(=O)c1ccc(F)cc1)Nc1ccc(Cl)cc1C(=O)c1ccccc1. The Hall–Kier alpha value is -3.03. The Morgan fingerprint density at radius 1 is 0.933 bits per heavy atom. The minimum atomic E-state index is -3.76. The maximum atomic E-state index is 13.0. The van der Waals surface area contributed by atoms with Crippen molar-refractivity contribution in [3.8, 4) is 0 Å². The fourth-order valence-electron chi connectivity index (χ4n) is 2.76. The van der Waals surface area contributed by atoms with Crippen molar-refractivity contribution in [2.24, 2.45) is 0 Å². The second-order valence-electron chi connectivity index (χ2n) is 6.46. The summed E-state index contributed by atoms with van der Waals surface area (Å²) in [7, 11) is -3.76. The number of halogens is 2. The average Bonchev–Trinajstić information content (AvgIpc) is 2.74. The molecule has 0 radical (unpaired) electrons. The smallest absolute Gasteiger partial charge is 0.225 e. The topological polar surface area (TPSA) is 80.3 Å². The van der Waals surface area contributed by atoms with Crippen molar-refractivity contribution in [2.75, 3.05) is 11.1 Å². The van der Waals surface area contributed by atoms with E-state index in [1.165, 1.54) is 18.2 Å². The maximum absolute atomic E-state index is 13.0. The van der Waals surface area contributed by atoms with Gasteiger partial charge in [-0.1, -0.05) is 41.9 Å². The zero-order valence-corrected chi connectivity index (χ0v) is 17.2. The predicted molar refractivity (Wildman–Crippen MR) is 113 cm³/mol. The summed E-state index contributed by atoms with van der Waals surface area (Å²) in [5.74, 6) is -1.91. The third-order valence-corrected chi connectivity index (χ3v) is 6.27. The van der Waals surface area contributed by atoms with Crippen LogP contribution in [0.25, 0.3) is 0 Å². The summed E-state index contributed by atoms with van der Waals surface area (Å²) in [6.07, 6.45) is -0.332. The predicted octanol–water partition coefficient (Wildman–Crippen LogP) is 4.51. The van der Waals surface area contributed by atoms with Gasteiger partial charge in [-0.15, -0.1) is 0 Å². The number of ketones is 1. The molecule has 0 aromatic heterocycles. The first-order valence-electron chi connectivity index (χ1n) is 8.94. The van der Waals surface area contributed by atoms with Crippen molar-refractivity contribution in [2.45, 2.75) is 11.3 Å². The third kappa shape index (κ3) is 5.31. The van der Waals surface area contributed by atoms with Gasteiger partial charge in [-0.25, -0.2) is 12.8 Å². The van der Waals surface area contributed by atoms with E-state index in [1.54, 1.807) is 30.3 Å². The maximum Gasteiger partial charge on any atom is 0.225 e. The number of hydrogen-bond donors (Lipinski definition) is 1. The quantitative estimate of drug-likeness (QED) is 0.428. The molecule has 8 heteroatoms. The number of anilines is 1. The number of benzene rings is 3. The lowest BCUT2D eigenvalue weighted by Gasteiger charge is -2.11. The van der Waals surface area contributed by atoms with E-state index in [-0.39, 0.29) is 28.4 Å². The molecule has 0 aliphatic heterocycles. The number of amides is 1. The van der Waals surface area contributed by atoms with Crippen molar-refractivity contribution in [3.05, 3.63) is 94.8 Å². The van der Waals surface area contributed by atoms with Crippen LogP contribution in [0, 0.1) is 5.82 Å². The van der Waals surface area contributed by atoms with Gasteiger partial charge in [0, 0.05) is 22.6 Å². The highest BCUT2D eigenvalue weighted by atomic mass is 35.5. The number of sulfone groups is 1. The summed E-state index contributed by atoms with van der Waals surface area (Å²) in [4.78, 5) is 25.1. The van der Waals surface area contributed by atoms with E-state index < -0.39 is 27.3 Å². The summed E-state index contributed by atoms with van der Waals surface area (Å²) in [6.45, 7) is 0. The van der Waals surface area contributed by atoms with Crippen molar-refractivity contribution in [1.29, 1.82) is 0 Å². The lowest BCUT2D eigenvalue weighted by molar-refractivity contribution is -0.115. The van der Waals surface area contributed by atoms with Crippen LogP contribution >= 0.6 is 11.6 Å². The molecule has 0 saturated carbocycles. The average molecular weight is 446 g/mol. The third-order valence-electron chi connectivity index (χ3n) is 4.31. The van der Waals surface area contributed by atoms with Crippen LogP contribution in [0.3, 0.4) is 0 Å². The van der Waals surface area contributed by atoms with Gasteiger partial charge >= 0.3 is 0 Å². The minimum Gasteiger partial charge on any atom is -0.325 e. The number of hydrogen-bond acceptors (Lipinski definition) is 4. The zero-order chi connectivity index (χ0) is 21.7. The molecule has 3 rings (SSSR count). The Labute approximate surface area is 178 Å². The van der Waals surface area contributed by atoms with Gasteiger partial charge in [-0.3, -0.25) is 9.59 Å². The summed E-state index contributed by atoms with van der Waals surface area (Å²) in [5.41, 5.74) is 0.857. The van der Waals surface area contributed by atoms with E-state index >= 15 is 0 Å². The van der Waals surface area contributed by atoms with Crippen LogP contribution in [0.2, 0.25) is 5.02 Å². The summed E-state index contributed by atoms with van der Waals surface area (Å²) in [5, 5.41) is 2.90. The van der Waals surface area contributed by atoms with Crippen LogP contribution in [-0.2, 0) is 14.6 Å². The second kappa shape index (κ2) is 9.19. The lowest BCUT2D eigenvalue weighted by Crippen LogP contribution is -2.19. The molecule has 0 aliphatic rings. The number of carbonyl (C=O) groups excluding carboxylic acids is 2. The largest absolute Gasteiger partial charge is 0.325 e. The molecule has 0 fully saturated rings. The number of rotatable bonds is 7. The molecule has 1 N–H and O–H groups in total. The highest BCUT2D eigenvalue weighted by molar-refractivity contribution is 7.91. The molecule has 3 aromatic rings. The molecule has 0 saturated heterocycles. The number of carbonyl (C=O) groups is 2. The fraction of sp³-hybridized carbons (Fsp3) is 0.0909. The van der Waals surface area contributed by atoms with Crippen LogP contribution in [0.4, 0.5) is 10.1 Å². The fourth-order valence-corrected chi connectivity index (χ4v) is 4.17. The Morgan fingerprint density at radius 2 is 1.60 bits per heavy atom. The van der Waals surface area contributed by atoms with E-state index in [2.05, 4.69) is 5.32 Å². The van der Waals surface area contributed by atoms with E-state index in [0.717, 1.165) is 24.3 Å². The van der Waals surface area contributed by atoms with Crippen LogP contribution in [-0.4, -0.2) is 25.9 Å². The zero-order valence-electron chi connectivity index (χ0n) is 15.6. The normalized spacial score (nSPS) is 11.1. The Bertz CT molecular complexity index is 1180. The molecule has 1 amide bonds. The Kier molecular flexibility index (Phi) is 6.64. The minimum absolute atomic E-state index is 0.0665.